The van der Waals surface area contributed by atoms with E-state index >= 15 is 0 Å². The first-order chi connectivity index (χ1) is 12.0. The summed E-state index contributed by atoms with van der Waals surface area (Å²) in [5, 5.41) is 13.5. The lowest BCUT2D eigenvalue weighted by atomic mass is 9.95. The molecular formula is C18H24N4OS2. The Kier molecular flexibility index (Phi) is 5.56. The van der Waals surface area contributed by atoms with Crippen LogP contribution >= 0.6 is 23.3 Å². The van der Waals surface area contributed by atoms with Crippen LogP contribution in [0.15, 0.2) is 36.5 Å². The molecule has 0 saturated heterocycles. The SMILES string of the molecule is CC(C)(CO)CNC1=CN(SCc2ccccc2)Cc2sc(N)nc21. The van der Waals surface area contributed by atoms with Crippen molar-refractivity contribution < 1.29 is 5.11 Å². The van der Waals surface area contributed by atoms with E-state index in [0.29, 0.717) is 11.7 Å². The smallest absolute Gasteiger partial charge is 0.180 e. The molecule has 1 aliphatic heterocycles. The zero-order chi connectivity index (χ0) is 17.9. The van der Waals surface area contributed by atoms with E-state index in [9.17, 15) is 5.11 Å². The first kappa shape index (κ1) is 18.1. The topological polar surface area (TPSA) is 74.4 Å². The van der Waals surface area contributed by atoms with E-state index in [2.05, 4.69) is 45.1 Å². The molecule has 0 amide bonds. The zero-order valence-corrected chi connectivity index (χ0v) is 16.2. The summed E-state index contributed by atoms with van der Waals surface area (Å²) in [5.74, 6) is 0.913. The van der Waals surface area contributed by atoms with Gasteiger partial charge in [-0.05, 0) is 17.5 Å². The molecule has 0 spiro atoms. The fourth-order valence-corrected chi connectivity index (χ4v) is 4.25. The van der Waals surface area contributed by atoms with Crippen molar-refractivity contribution in [3.63, 3.8) is 0 Å². The van der Waals surface area contributed by atoms with Crippen LogP contribution in [0, 0.1) is 5.41 Å². The number of rotatable bonds is 7. The van der Waals surface area contributed by atoms with E-state index in [0.717, 1.165) is 23.7 Å². The van der Waals surface area contributed by atoms with Crippen molar-refractivity contribution in [2.45, 2.75) is 26.1 Å². The Bertz CT molecular complexity index is 743. The Morgan fingerprint density at radius 1 is 1.36 bits per heavy atom. The second kappa shape index (κ2) is 7.68. The van der Waals surface area contributed by atoms with Gasteiger partial charge in [-0.25, -0.2) is 4.98 Å². The highest BCUT2D eigenvalue weighted by Gasteiger charge is 2.24. The summed E-state index contributed by atoms with van der Waals surface area (Å²) in [5.41, 5.74) is 8.94. The maximum Gasteiger partial charge on any atom is 0.180 e. The average molecular weight is 377 g/mol. The number of anilines is 1. The standard InChI is InChI=1S/C18H24N4OS2/c1-18(2,12-23)11-20-14-8-22(9-15-16(14)21-17(19)25-15)24-10-13-6-4-3-5-7-13/h3-8,20,23H,9-12H2,1-2H3,(H2,19,21). The zero-order valence-electron chi connectivity index (χ0n) is 14.5. The minimum absolute atomic E-state index is 0.131. The summed E-state index contributed by atoms with van der Waals surface area (Å²) in [6.45, 7) is 5.66. The van der Waals surface area contributed by atoms with Crippen molar-refractivity contribution in [1.29, 1.82) is 0 Å². The van der Waals surface area contributed by atoms with E-state index in [1.54, 1.807) is 11.9 Å². The van der Waals surface area contributed by atoms with Crippen LogP contribution in [0.25, 0.3) is 5.70 Å². The van der Waals surface area contributed by atoms with Crippen LogP contribution in [0.1, 0.15) is 30.0 Å². The minimum Gasteiger partial charge on any atom is -0.396 e. The predicted molar refractivity (Wildman–Crippen MR) is 107 cm³/mol. The Labute approximate surface area is 157 Å². The summed E-state index contributed by atoms with van der Waals surface area (Å²) in [6.07, 6.45) is 2.10. The maximum absolute atomic E-state index is 9.48. The molecule has 134 valence electrons. The number of thiazole rings is 1. The third-order valence-corrected chi connectivity index (χ3v) is 5.86. The predicted octanol–water partition coefficient (Wildman–Crippen LogP) is 3.30. The number of aliphatic hydroxyl groups is 1. The van der Waals surface area contributed by atoms with Crippen LogP contribution in [0.2, 0.25) is 0 Å². The van der Waals surface area contributed by atoms with Gasteiger partial charge < -0.3 is 20.5 Å². The van der Waals surface area contributed by atoms with Crippen molar-refractivity contribution >= 4 is 34.1 Å². The Morgan fingerprint density at radius 2 is 2.12 bits per heavy atom. The van der Waals surface area contributed by atoms with Crippen molar-refractivity contribution in [1.82, 2.24) is 14.6 Å². The highest BCUT2D eigenvalue weighted by Crippen LogP contribution is 2.34. The molecule has 2 heterocycles. The third-order valence-electron chi connectivity index (χ3n) is 3.97. The Morgan fingerprint density at radius 3 is 2.84 bits per heavy atom. The lowest BCUT2D eigenvalue weighted by Crippen LogP contribution is -2.33. The number of aliphatic hydroxyl groups excluding tert-OH is 1. The van der Waals surface area contributed by atoms with Crippen LogP contribution < -0.4 is 11.1 Å². The van der Waals surface area contributed by atoms with Gasteiger partial charge in [0.1, 0.15) is 5.69 Å². The van der Waals surface area contributed by atoms with Gasteiger partial charge in [-0.3, -0.25) is 0 Å². The number of nitrogens with zero attached hydrogens (tertiary/aromatic N) is 2. The van der Waals surface area contributed by atoms with Gasteiger partial charge in [0, 0.05) is 30.5 Å². The molecule has 1 aliphatic rings. The maximum atomic E-state index is 9.48. The Hall–Kier alpha value is -1.70. The van der Waals surface area contributed by atoms with Crippen molar-refractivity contribution in [3.8, 4) is 0 Å². The average Bonchev–Trinajstić information content (AvgIpc) is 2.99. The van der Waals surface area contributed by atoms with Gasteiger partial charge in [-0.1, -0.05) is 55.5 Å². The monoisotopic (exact) mass is 376 g/mol. The molecule has 0 atom stereocenters. The number of hydrogen-bond donors (Lipinski definition) is 3. The van der Waals surface area contributed by atoms with Crippen molar-refractivity contribution in [2.75, 3.05) is 18.9 Å². The number of nitrogens with one attached hydrogen (secondary N) is 1. The lowest BCUT2D eigenvalue weighted by molar-refractivity contribution is 0.161. The largest absolute Gasteiger partial charge is 0.396 e. The highest BCUT2D eigenvalue weighted by atomic mass is 32.2. The molecule has 1 aromatic heterocycles. The molecule has 0 radical (unpaired) electrons. The molecule has 0 aliphatic carbocycles. The molecule has 0 saturated carbocycles. The van der Waals surface area contributed by atoms with E-state index < -0.39 is 0 Å². The van der Waals surface area contributed by atoms with Gasteiger partial charge in [0.05, 0.1) is 17.1 Å². The summed E-state index contributed by atoms with van der Waals surface area (Å²) in [4.78, 5) is 5.65. The summed E-state index contributed by atoms with van der Waals surface area (Å²) in [6, 6.07) is 10.4. The summed E-state index contributed by atoms with van der Waals surface area (Å²) in [7, 11) is 0. The molecule has 3 rings (SSSR count). The fourth-order valence-electron chi connectivity index (χ4n) is 2.41. The molecule has 25 heavy (non-hydrogen) atoms. The van der Waals surface area contributed by atoms with Gasteiger partial charge >= 0.3 is 0 Å². The second-order valence-corrected chi connectivity index (χ2v) is 9.01. The Balaban J connectivity index is 1.73. The van der Waals surface area contributed by atoms with E-state index in [4.69, 9.17) is 5.73 Å². The molecular weight excluding hydrogens is 352 g/mol. The molecule has 0 fully saturated rings. The first-order valence-electron chi connectivity index (χ1n) is 8.22. The second-order valence-electron chi connectivity index (χ2n) is 6.88. The quantitative estimate of drug-likeness (QED) is 0.644. The number of fused-ring (bicyclic) bond motifs is 1. The molecule has 5 nitrogen and oxygen atoms in total. The first-order valence-corrected chi connectivity index (χ1v) is 9.98. The van der Waals surface area contributed by atoms with Crippen LogP contribution in [0.5, 0.6) is 0 Å². The number of nitrogen functional groups attached to an aromatic ring is 1. The van der Waals surface area contributed by atoms with Crippen molar-refractivity contribution in [3.05, 3.63) is 52.7 Å². The molecule has 1 aromatic carbocycles. The number of hydrogen-bond acceptors (Lipinski definition) is 7. The molecule has 0 unspecified atom stereocenters. The van der Waals surface area contributed by atoms with Gasteiger partial charge in [0.25, 0.3) is 0 Å². The van der Waals surface area contributed by atoms with E-state index in [-0.39, 0.29) is 12.0 Å². The highest BCUT2D eigenvalue weighted by molar-refractivity contribution is 7.96. The van der Waals surface area contributed by atoms with E-state index in [1.807, 2.05) is 19.9 Å². The van der Waals surface area contributed by atoms with E-state index in [1.165, 1.54) is 21.8 Å². The molecule has 0 bridgehead atoms. The molecule has 7 heteroatoms. The normalized spacial score (nSPS) is 14.2. The lowest BCUT2D eigenvalue weighted by Gasteiger charge is -2.28. The van der Waals surface area contributed by atoms with Gasteiger partial charge in [0.2, 0.25) is 0 Å². The minimum atomic E-state index is -0.192. The number of nitrogens with two attached hydrogens (primary N) is 1. The van der Waals surface area contributed by atoms with Crippen LogP contribution in [-0.2, 0) is 12.3 Å². The van der Waals surface area contributed by atoms with Gasteiger partial charge in [0.15, 0.2) is 5.13 Å². The summed E-state index contributed by atoms with van der Waals surface area (Å²) < 4.78 is 2.22. The van der Waals surface area contributed by atoms with Crippen LogP contribution in [-0.4, -0.2) is 27.5 Å². The van der Waals surface area contributed by atoms with Gasteiger partial charge in [-0.15, -0.1) is 0 Å². The fraction of sp³-hybridized carbons (Fsp3) is 0.389. The third kappa shape index (κ3) is 4.68. The number of benzene rings is 1. The summed E-state index contributed by atoms with van der Waals surface area (Å²) >= 11 is 3.31. The van der Waals surface area contributed by atoms with Crippen LogP contribution in [0.3, 0.4) is 0 Å². The van der Waals surface area contributed by atoms with Gasteiger partial charge in [-0.2, -0.15) is 0 Å². The molecule has 2 aromatic rings. The molecule has 4 N–H and O–H groups in total. The number of aromatic nitrogens is 1. The van der Waals surface area contributed by atoms with Crippen molar-refractivity contribution in [2.24, 2.45) is 5.41 Å². The van der Waals surface area contributed by atoms with Crippen LogP contribution in [0.4, 0.5) is 5.13 Å².